The van der Waals surface area contributed by atoms with Gasteiger partial charge in [0.25, 0.3) is 0 Å². The quantitative estimate of drug-likeness (QED) is 0.326. The third kappa shape index (κ3) is 1.77. The molecule has 0 radical (unpaired) electrons. The van der Waals surface area contributed by atoms with E-state index in [9.17, 15) is 10.2 Å². The number of anilines is 1. The van der Waals surface area contributed by atoms with Crippen LogP contribution in [0.4, 0.5) is 5.82 Å². The van der Waals surface area contributed by atoms with Gasteiger partial charge in [0.15, 0.2) is 22.6 Å². The van der Waals surface area contributed by atoms with E-state index in [1.807, 2.05) is 0 Å². The minimum absolute atomic E-state index is 0.189. The first kappa shape index (κ1) is 13.5. The number of nitrogens with zero attached hydrogens (tertiary/aromatic N) is 4. The molecule has 0 bridgehead atoms. The summed E-state index contributed by atoms with van der Waals surface area (Å²) < 4.78 is 6.81. The lowest BCUT2D eigenvalue weighted by atomic mass is 10.1. The van der Waals surface area contributed by atoms with Gasteiger partial charge < -0.3 is 25.8 Å². The van der Waals surface area contributed by atoms with Gasteiger partial charge in [-0.1, -0.05) is 0 Å². The lowest BCUT2D eigenvalue weighted by Crippen LogP contribution is -2.42. The second kappa shape index (κ2) is 4.53. The number of rotatable bonds is 2. The molecule has 2 aromatic heterocycles. The summed E-state index contributed by atoms with van der Waals surface area (Å²) in [5.41, 5.74) is 6.36. The van der Waals surface area contributed by atoms with Gasteiger partial charge in [-0.05, 0) is 0 Å². The van der Waals surface area contributed by atoms with Crippen molar-refractivity contribution in [2.24, 2.45) is 0 Å². The molecule has 0 amide bonds. The number of aromatic nitrogens is 4. The smallest absolute Gasteiger partial charge is 0.181 e. The summed E-state index contributed by atoms with van der Waals surface area (Å²) in [7, 11) is 0. The second-order valence-corrected chi connectivity index (χ2v) is 5.24. The van der Waals surface area contributed by atoms with Crippen molar-refractivity contribution in [2.45, 2.75) is 23.4 Å². The third-order valence-corrected chi connectivity index (χ3v) is 3.76. The van der Waals surface area contributed by atoms with Gasteiger partial charge in [-0.3, -0.25) is 4.57 Å². The van der Waals surface area contributed by atoms with Crippen LogP contribution in [0.1, 0.15) is 6.23 Å². The number of fused-ring (bicyclic) bond motifs is 1. The first-order chi connectivity index (χ1) is 9.46. The lowest BCUT2D eigenvalue weighted by Gasteiger charge is -2.26. The standard InChI is InChI=1S/C10H13N5O4S/c11-7-5-8(13-2-12-7)15(3-14-5)9-10(18,20)6(17)4(1-16)19-9/h2-4,6,9,16-18,20H,1H2,(H2,11,12,13)/t4-,6-,9-,10+/m1/s1. The number of aliphatic hydroxyl groups excluding tert-OH is 2. The van der Waals surface area contributed by atoms with Gasteiger partial charge >= 0.3 is 0 Å². The van der Waals surface area contributed by atoms with E-state index < -0.39 is 30.0 Å². The second-order valence-electron chi connectivity index (χ2n) is 4.52. The molecule has 0 aromatic carbocycles. The number of aliphatic hydroxyl groups is 3. The molecule has 20 heavy (non-hydrogen) atoms. The van der Waals surface area contributed by atoms with Crippen LogP contribution in [0.2, 0.25) is 0 Å². The molecule has 9 nitrogen and oxygen atoms in total. The van der Waals surface area contributed by atoms with Gasteiger partial charge in [-0.15, -0.1) is 12.6 Å². The molecular formula is C10H13N5O4S. The first-order valence-corrected chi connectivity index (χ1v) is 6.23. The zero-order valence-corrected chi connectivity index (χ0v) is 11.1. The molecule has 1 fully saturated rings. The zero-order valence-electron chi connectivity index (χ0n) is 10.2. The topological polar surface area (TPSA) is 140 Å². The Morgan fingerprint density at radius 3 is 2.85 bits per heavy atom. The van der Waals surface area contributed by atoms with Crippen LogP contribution in [0.25, 0.3) is 11.2 Å². The first-order valence-electron chi connectivity index (χ1n) is 5.79. The van der Waals surface area contributed by atoms with Crippen molar-refractivity contribution in [1.82, 2.24) is 19.5 Å². The Bertz CT molecular complexity index is 648. The monoisotopic (exact) mass is 299 g/mol. The van der Waals surface area contributed by atoms with Gasteiger partial charge in [-0.25, -0.2) is 15.0 Å². The molecule has 3 rings (SSSR count). The molecule has 0 saturated carbocycles. The molecule has 1 saturated heterocycles. The SMILES string of the molecule is Nc1ncnc2c1ncn2[C@@H]1O[C@H](CO)[C@@H](O)[C@]1(O)S. The van der Waals surface area contributed by atoms with Crippen LogP contribution in [0, 0.1) is 0 Å². The zero-order chi connectivity index (χ0) is 14.5. The van der Waals surface area contributed by atoms with Crippen LogP contribution in [0.3, 0.4) is 0 Å². The predicted molar refractivity (Wildman–Crippen MR) is 70.7 cm³/mol. The van der Waals surface area contributed by atoms with Crippen molar-refractivity contribution in [3.05, 3.63) is 12.7 Å². The van der Waals surface area contributed by atoms with Crippen molar-refractivity contribution in [3.8, 4) is 0 Å². The molecule has 3 heterocycles. The largest absolute Gasteiger partial charge is 0.394 e. The van der Waals surface area contributed by atoms with E-state index in [0.29, 0.717) is 11.2 Å². The molecule has 1 aliphatic heterocycles. The van der Waals surface area contributed by atoms with Crippen molar-refractivity contribution >= 4 is 29.6 Å². The molecule has 0 spiro atoms. The average molecular weight is 299 g/mol. The maximum absolute atomic E-state index is 10.3. The van der Waals surface area contributed by atoms with Crippen LogP contribution in [-0.2, 0) is 4.74 Å². The molecule has 0 unspecified atom stereocenters. The summed E-state index contributed by atoms with van der Waals surface area (Å²) in [5, 5.41) is 29.3. The fourth-order valence-electron chi connectivity index (χ4n) is 2.21. The molecule has 10 heteroatoms. The Balaban J connectivity index is 2.10. The van der Waals surface area contributed by atoms with Crippen molar-refractivity contribution in [3.63, 3.8) is 0 Å². The fraction of sp³-hybridized carbons (Fsp3) is 0.500. The van der Waals surface area contributed by atoms with Crippen LogP contribution in [0.15, 0.2) is 12.7 Å². The Labute approximate surface area is 118 Å². The van der Waals surface area contributed by atoms with Gasteiger partial charge in [-0.2, -0.15) is 0 Å². The van der Waals surface area contributed by atoms with Crippen molar-refractivity contribution in [2.75, 3.05) is 12.3 Å². The highest BCUT2D eigenvalue weighted by atomic mass is 32.1. The van der Waals surface area contributed by atoms with Gasteiger partial charge in [0.05, 0.1) is 12.9 Å². The molecule has 2 aromatic rings. The summed E-state index contributed by atoms with van der Waals surface area (Å²) in [6.45, 7) is -0.454. The van der Waals surface area contributed by atoms with E-state index in [1.54, 1.807) is 0 Å². The van der Waals surface area contributed by atoms with Crippen LogP contribution < -0.4 is 5.73 Å². The Hall–Kier alpha value is -1.46. The normalized spacial score (nSPS) is 33.9. The van der Waals surface area contributed by atoms with E-state index in [0.717, 1.165) is 0 Å². The van der Waals surface area contributed by atoms with E-state index in [2.05, 4.69) is 27.6 Å². The average Bonchev–Trinajstić information content (AvgIpc) is 2.92. The van der Waals surface area contributed by atoms with Gasteiger partial charge in [0, 0.05) is 0 Å². The molecule has 4 atom stereocenters. The Morgan fingerprint density at radius 2 is 2.20 bits per heavy atom. The number of thiol groups is 1. The summed E-state index contributed by atoms with van der Waals surface area (Å²) in [4.78, 5) is 9.98. The van der Waals surface area contributed by atoms with Crippen LogP contribution >= 0.6 is 12.6 Å². The van der Waals surface area contributed by atoms with Crippen molar-refractivity contribution in [1.29, 1.82) is 0 Å². The van der Waals surface area contributed by atoms with Crippen LogP contribution in [-0.4, -0.2) is 58.6 Å². The van der Waals surface area contributed by atoms with E-state index >= 15 is 0 Å². The predicted octanol–water partition coefficient (Wildman–Crippen LogP) is -1.72. The van der Waals surface area contributed by atoms with Gasteiger partial charge in [0.2, 0.25) is 0 Å². The summed E-state index contributed by atoms with van der Waals surface area (Å²) in [5.74, 6) is 0.189. The highest BCUT2D eigenvalue weighted by Crippen LogP contribution is 2.42. The summed E-state index contributed by atoms with van der Waals surface area (Å²) in [6.07, 6.45) is -0.787. The van der Waals surface area contributed by atoms with E-state index in [4.69, 9.17) is 15.6 Å². The van der Waals surface area contributed by atoms with Crippen LogP contribution in [0.5, 0.6) is 0 Å². The number of hydrogen-bond acceptors (Lipinski definition) is 9. The summed E-state index contributed by atoms with van der Waals surface area (Å²) >= 11 is 4.04. The molecule has 5 N–H and O–H groups in total. The maximum Gasteiger partial charge on any atom is 0.181 e. The van der Waals surface area contributed by atoms with E-state index in [-0.39, 0.29) is 5.82 Å². The molecular weight excluding hydrogens is 286 g/mol. The molecule has 108 valence electrons. The fourth-order valence-corrected chi connectivity index (χ4v) is 2.57. The Morgan fingerprint density at radius 1 is 1.45 bits per heavy atom. The van der Waals surface area contributed by atoms with E-state index in [1.165, 1.54) is 17.2 Å². The number of nitrogens with two attached hydrogens (primary N) is 1. The number of imidazole rings is 1. The molecule has 1 aliphatic rings. The number of nitrogen functional groups attached to an aromatic ring is 1. The third-order valence-electron chi connectivity index (χ3n) is 3.27. The summed E-state index contributed by atoms with van der Waals surface area (Å²) in [6, 6.07) is 0. The van der Waals surface area contributed by atoms with Gasteiger partial charge in [0.1, 0.15) is 24.1 Å². The minimum Gasteiger partial charge on any atom is -0.394 e. The van der Waals surface area contributed by atoms with Crippen molar-refractivity contribution < 1.29 is 20.1 Å². The minimum atomic E-state index is -1.90. The Kier molecular flexibility index (Phi) is 3.06. The number of ether oxygens (including phenoxy) is 1. The molecule has 0 aliphatic carbocycles. The highest BCUT2D eigenvalue weighted by molar-refractivity contribution is 7.81. The lowest BCUT2D eigenvalue weighted by molar-refractivity contribution is -0.0579. The highest BCUT2D eigenvalue weighted by Gasteiger charge is 2.54. The number of hydrogen-bond donors (Lipinski definition) is 5. The maximum atomic E-state index is 10.3.